The van der Waals surface area contributed by atoms with Crippen LogP contribution >= 0.6 is 23.1 Å². The maximum Gasteiger partial charge on any atom is 0.309 e. The van der Waals surface area contributed by atoms with E-state index in [1.54, 1.807) is 0 Å². The van der Waals surface area contributed by atoms with Crippen molar-refractivity contribution < 1.29 is 9.90 Å². The van der Waals surface area contributed by atoms with E-state index in [1.807, 2.05) is 17.1 Å². The quantitative estimate of drug-likeness (QED) is 0.886. The second-order valence-electron chi connectivity index (χ2n) is 4.20. The van der Waals surface area contributed by atoms with Crippen molar-refractivity contribution in [3.8, 4) is 0 Å². The Morgan fingerprint density at radius 3 is 2.80 bits per heavy atom. The zero-order valence-electron chi connectivity index (χ0n) is 9.11. The lowest BCUT2D eigenvalue weighted by Gasteiger charge is -2.16. The molecule has 1 aromatic rings. The lowest BCUT2D eigenvalue weighted by atomic mass is 10.3. The lowest BCUT2D eigenvalue weighted by molar-refractivity contribution is -0.136. The molecule has 0 aliphatic heterocycles. The Morgan fingerprint density at radius 2 is 2.27 bits per heavy atom. The van der Waals surface area contributed by atoms with Gasteiger partial charge in [-0.15, -0.1) is 23.1 Å². The number of thioether (sulfide) groups is 1. The van der Waals surface area contributed by atoms with Crippen molar-refractivity contribution in [1.29, 1.82) is 0 Å². The predicted octanol–water partition coefficient (Wildman–Crippen LogP) is 2.80. The molecule has 0 unspecified atom stereocenters. The molecule has 15 heavy (non-hydrogen) atoms. The average Bonchev–Trinajstić information content (AvgIpc) is 2.46. The highest BCUT2D eigenvalue weighted by Crippen LogP contribution is 2.28. The number of nitrogens with zero attached hydrogens (tertiary/aromatic N) is 1. The highest BCUT2D eigenvalue weighted by molar-refractivity contribution is 7.99. The van der Waals surface area contributed by atoms with Gasteiger partial charge in [-0.25, -0.2) is 4.98 Å². The van der Waals surface area contributed by atoms with Gasteiger partial charge in [-0.2, -0.15) is 0 Å². The Balaban J connectivity index is 2.50. The fourth-order valence-corrected chi connectivity index (χ4v) is 2.58. The van der Waals surface area contributed by atoms with E-state index in [-0.39, 0.29) is 11.2 Å². The number of thiazole rings is 1. The molecule has 0 aliphatic carbocycles. The summed E-state index contributed by atoms with van der Waals surface area (Å²) in [6.45, 7) is 6.47. The number of hydrogen-bond donors (Lipinski definition) is 1. The summed E-state index contributed by atoms with van der Waals surface area (Å²) in [7, 11) is 0. The van der Waals surface area contributed by atoms with Gasteiger partial charge >= 0.3 is 5.97 Å². The van der Waals surface area contributed by atoms with Crippen LogP contribution in [0, 0.1) is 0 Å². The minimum absolute atomic E-state index is 0.0245. The molecule has 0 atom stereocenters. The first-order valence-corrected chi connectivity index (χ1v) is 6.52. The molecule has 0 spiro atoms. The Hall–Kier alpha value is -0.550. The van der Waals surface area contributed by atoms with Gasteiger partial charge in [0.25, 0.3) is 0 Å². The molecule has 0 fully saturated rings. The Bertz CT molecular complexity index is 341. The topological polar surface area (TPSA) is 50.2 Å². The second kappa shape index (κ2) is 4.99. The summed E-state index contributed by atoms with van der Waals surface area (Å²) in [6.07, 6.45) is 0.0245. The van der Waals surface area contributed by atoms with E-state index in [0.29, 0.717) is 5.69 Å². The molecule has 0 radical (unpaired) electrons. The van der Waals surface area contributed by atoms with Gasteiger partial charge in [0.05, 0.1) is 12.1 Å². The van der Waals surface area contributed by atoms with E-state index in [1.165, 1.54) is 11.3 Å². The molecule has 0 aromatic carbocycles. The van der Waals surface area contributed by atoms with Crippen molar-refractivity contribution in [1.82, 2.24) is 4.98 Å². The lowest BCUT2D eigenvalue weighted by Crippen LogP contribution is -2.07. The summed E-state index contributed by atoms with van der Waals surface area (Å²) in [4.78, 5) is 14.7. The summed E-state index contributed by atoms with van der Waals surface area (Å²) in [6, 6.07) is 0. The van der Waals surface area contributed by atoms with Gasteiger partial charge in [0.15, 0.2) is 0 Å². The summed E-state index contributed by atoms with van der Waals surface area (Å²) >= 11 is 3.36. The van der Waals surface area contributed by atoms with E-state index in [0.717, 1.165) is 10.8 Å². The minimum atomic E-state index is -0.824. The predicted molar refractivity (Wildman–Crippen MR) is 64.5 cm³/mol. The molecular formula is C10H15NO2S2. The van der Waals surface area contributed by atoms with Gasteiger partial charge < -0.3 is 5.11 Å². The van der Waals surface area contributed by atoms with E-state index in [4.69, 9.17) is 5.11 Å². The minimum Gasteiger partial charge on any atom is -0.481 e. The van der Waals surface area contributed by atoms with Crippen LogP contribution in [0.4, 0.5) is 0 Å². The van der Waals surface area contributed by atoms with Crippen LogP contribution in [0.1, 0.15) is 31.5 Å². The number of carbonyl (C=O) groups is 1. The van der Waals surface area contributed by atoms with Gasteiger partial charge in [0, 0.05) is 15.9 Å². The van der Waals surface area contributed by atoms with Crippen LogP contribution in [-0.2, 0) is 17.0 Å². The Labute approximate surface area is 97.9 Å². The molecule has 1 rings (SSSR count). The van der Waals surface area contributed by atoms with E-state index in [9.17, 15) is 4.79 Å². The standard InChI is InChI=1S/C10H15NO2S2/c1-10(2,3)15-6-8-11-7(5-14-8)4-9(12)13/h5H,4,6H2,1-3H3,(H,12,13). The second-order valence-corrected chi connectivity index (χ2v) is 6.95. The third-order valence-electron chi connectivity index (χ3n) is 1.56. The van der Waals surface area contributed by atoms with Crippen molar-refractivity contribution in [2.75, 3.05) is 0 Å². The number of aromatic nitrogens is 1. The first-order chi connectivity index (χ1) is 6.87. The van der Waals surface area contributed by atoms with Gasteiger partial charge in [0.1, 0.15) is 5.01 Å². The van der Waals surface area contributed by atoms with Crippen molar-refractivity contribution in [3.63, 3.8) is 0 Å². The first kappa shape index (κ1) is 12.5. The zero-order chi connectivity index (χ0) is 11.5. The van der Waals surface area contributed by atoms with Crippen LogP contribution in [-0.4, -0.2) is 20.8 Å². The molecule has 1 N–H and O–H groups in total. The van der Waals surface area contributed by atoms with Crippen LogP contribution in [0.15, 0.2) is 5.38 Å². The molecule has 0 saturated carbocycles. The fourth-order valence-electron chi connectivity index (χ4n) is 0.930. The van der Waals surface area contributed by atoms with Crippen LogP contribution in [0.3, 0.4) is 0 Å². The smallest absolute Gasteiger partial charge is 0.309 e. The molecule has 0 aliphatic rings. The van der Waals surface area contributed by atoms with Crippen LogP contribution in [0.2, 0.25) is 0 Å². The van der Waals surface area contributed by atoms with Crippen molar-refractivity contribution in [3.05, 3.63) is 16.1 Å². The average molecular weight is 245 g/mol. The first-order valence-electron chi connectivity index (χ1n) is 4.66. The molecule has 5 heteroatoms. The van der Waals surface area contributed by atoms with Crippen molar-refractivity contribution in [2.24, 2.45) is 0 Å². The summed E-state index contributed by atoms with van der Waals surface area (Å²) in [5, 5.41) is 11.4. The largest absolute Gasteiger partial charge is 0.481 e. The molecule has 0 amide bonds. The summed E-state index contributed by atoms with van der Waals surface area (Å²) in [5.74, 6) is 0.0312. The van der Waals surface area contributed by atoms with E-state index < -0.39 is 5.97 Å². The highest BCUT2D eigenvalue weighted by Gasteiger charge is 2.12. The van der Waals surface area contributed by atoms with Crippen LogP contribution in [0.25, 0.3) is 0 Å². The molecule has 84 valence electrons. The third-order valence-corrected chi connectivity index (χ3v) is 3.92. The van der Waals surface area contributed by atoms with Crippen LogP contribution < -0.4 is 0 Å². The van der Waals surface area contributed by atoms with E-state index >= 15 is 0 Å². The van der Waals surface area contributed by atoms with Gasteiger partial charge in [0.2, 0.25) is 0 Å². The number of carboxylic acid groups (broad SMARTS) is 1. The Morgan fingerprint density at radius 1 is 1.60 bits per heavy atom. The van der Waals surface area contributed by atoms with Crippen molar-refractivity contribution >= 4 is 29.1 Å². The molecule has 1 heterocycles. The SMILES string of the molecule is CC(C)(C)SCc1nc(CC(=O)O)cs1. The molecule has 0 saturated heterocycles. The van der Waals surface area contributed by atoms with Gasteiger partial charge in [-0.1, -0.05) is 20.8 Å². The van der Waals surface area contributed by atoms with E-state index in [2.05, 4.69) is 25.8 Å². The normalized spacial score (nSPS) is 11.7. The summed E-state index contributed by atoms with van der Waals surface area (Å²) in [5.41, 5.74) is 0.664. The molecule has 3 nitrogen and oxygen atoms in total. The monoisotopic (exact) mass is 245 g/mol. The van der Waals surface area contributed by atoms with Gasteiger partial charge in [-0.05, 0) is 0 Å². The van der Waals surface area contributed by atoms with Crippen molar-refractivity contribution in [2.45, 2.75) is 37.7 Å². The maximum atomic E-state index is 10.5. The molecule has 1 aromatic heterocycles. The number of carboxylic acids is 1. The number of aliphatic carboxylic acids is 1. The molecular weight excluding hydrogens is 230 g/mol. The molecule has 0 bridgehead atoms. The number of rotatable bonds is 4. The summed E-state index contributed by atoms with van der Waals surface area (Å²) < 4.78 is 0.221. The zero-order valence-corrected chi connectivity index (χ0v) is 10.7. The van der Waals surface area contributed by atoms with Gasteiger partial charge in [-0.3, -0.25) is 4.79 Å². The number of hydrogen-bond acceptors (Lipinski definition) is 4. The third kappa shape index (κ3) is 5.18. The fraction of sp³-hybridized carbons (Fsp3) is 0.600. The Kier molecular flexibility index (Phi) is 4.16. The highest BCUT2D eigenvalue weighted by atomic mass is 32.2. The van der Waals surface area contributed by atoms with Crippen LogP contribution in [0.5, 0.6) is 0 Å². The maximum absolute atomic E-state index is 10.5.